The molecule has 3 aromatic rings. The minimum Gasteiger partial charge on any atom is -0.489 e. The number of ether oxygens (including phenoxy) is 1. The fraction of sp³-hybridized carbons (Fsp3) is 0.375. The Kier molecular flexibility index (Phi) is 6.74. The molecule has 0 bridgehead atoms. The maximum absolute atomic E-state index is 5.88. The summed E-state index contributed by atoms with van der Waals surface area (Å²) in [7, 11) is 0. The smallest absolute Gasteiger partial charge is 0.119 e. The second-order valence-electron chi connectivity index (χ2n) is 7.49. The van der Waals surface area contributed by atoms with Crippen LogP contribution in [0.2, 0.25) is 0 Å². The van der Waals surface area contributed by atoms with E-state index < -0.39 is 0 Å². The van der Waals surface area contributed by atoms with Gasteiger partial charge in [0.1, 0.15) is 17.4 Å². The second-order valence-corrected chi connectivity index (χ2v) is 8.60. The molecule has 0 aliphatic heterocycles. The van der Waals surface area contributed by atoms with Gasteiger partial charge >= 0.3 is 0 Å². The Balaban J connectivity index is 1.30. The van der Waals surface area contributed by atoms with Gasteiger partial charge in [0, 0.05) is 18.8 Å². The molecule has 1 N–H and O–H groups in total. The van der Waals surface area contributed by atoms with Crippen molar-refractivity contribution < 1.29 is 4.74 Å². The van der Waals surface area contributed by atoms with Crippen LogP contribution < -0.4 is 10.1 Å². The maximum atomic E-state index is 5.88. The zero-order valence-corrected chi connectivity index (χ0v) is 17.1. The van der Waals surface area contributed by atoms with Crippen LogP contribution in [0.3, 0.4) is 0 Å². The molecule has 2 aromatic carbocycles. The number of rotatable bonds is 7. The van der Waals surface area contributed by atoms with Gasteiger partial charge in [-0.1, -0.05) is 56.0 Å². The van der Waals surface area contributed by atoms with Crippen LogP contribution in [0.15, 0.2) is 60.8 Å². The normalized spacial score (nSPS) is 15.3. The largest absolute Gasteiger partial charge is 0.489 e. The summed E-state index contributed by atoms with van der Waals surface area (Å²) in [4.78, 5) is 5.84. The maximum Gasteiger partial charge on any atom is 0.119 e. The van der Waals surface area contributed by atoms with Gasteiger partial charge in [0.25, 0.3) is 0 Å². The highest BCUT2D eigenvalue weighted by Gasteiger charge is 2.12. The minimum absolute atomic E-state index is 0.595. The third-order valence-electron chi connectivity index (χ3n) is 5.34. The summed E-state index contributed by atoms with van der Waals surface area (Å²) in [5.41, 5.74) is 2.38. The van der Waals surface area contributed by atoms with Gasteiger partial charge in [0.2, 0.25) is 0 Å². The van der Waals surface area contributed by atoms with Gasteiger partial charge in [-0.25, -0.2) is 4.98 Å². The van der Waals surface area contributed by atoms with E-state index in [0.717, 1.165) is 12.3 Å². The minimum atomic E-state index is 0.595. The summed E-state index contributed by atoms with van der Waals surface area (Å²) >= 11 is 1.78. The number of nitrogens with one attached hydrogen (secondary N) is 1. The molecule has 3 nitrogen and oxygen atoms in total. The molecule has 1 aliphatic carbocycles. The number of nitrogens with zero attached hydrogens (tertiary/aromatic N) is 1. The summed E-state index contributed by atoms with van der Waals surface area (Å²) in [5, 5.41) is 4.88. The first-order valence-electron chi connectivity index (χ1n) is 10.3. The molecule has 1 saturated carbocycles. The van der Waals surface area contributed by atoms with E-state index in [1.165, 1.54) is 59.5 Å². The van der Waals surface area contributed by atoms with Gasteiger partial charge in [-0.2, -0.15) is 0 Å². The Bertz CT molecular complexity index is 837. The Morgan fingerprint density at radius 3 is 2.43 bits per heavy atom. The zero-order valence-electron chi connectivity index (χ0n) is 16.3. The molecule has 1 aromatic heterocycles. The first-order valence-corrected chi connectivity index (χ1v) is 11.1. The molecule has 1 aliphatic rings. The predicted octanol–water partition coefficient (Wildman–Crippen LogP) is 6.20. The van der Waals surface area contributed by atoms with E-state index in [1.807, 2.05) is 36.5 Å². The molecule has 146 valence electrons. The van der Waals surface area contributed by atoms with E-state index in [0.29, 0.717) is 12.6 Å². The molecular weight excluding hydrogens is 364 g/mol. The standard InChI is InChI=1S/C24H28N2OS/c1-2-7-11-21(10-6-1)25-17-24-26-16-23(28-24)20-12-14-22(15-13-20)27-18-19-8-4-3-5-9-19/h3-5,8-9,12-16,21,25H,1-2,6-7,10-11,17-18H2. The summed E-state index contributed by atoms with van der Waals surface area (Å²) in [6.07, 6.45) is 10.1. The molecule has 4 rings (SSSR count). The zero-order chi connectivity index (χ0) is 19.0. The second kappa shape index (κ2) is 9.85. The lowest BCUT2D eigenvalue weighted by Gasteiger charge is -2.14. The van der Waals surface area contributed by atoms with Gasteiger partial charge in [-0.15, -0.1) is 11.3 Å². The van der Waals surface area contributed by atoms with Gasteiger partial charge in [0.15, 0.2) is 0 Å². The van der Waals surface area contributed by atoms with Gasteiger partial charge in [-0.3, -0.25) is 0 Å². The van der Waals surface area contributed by atoms with Crippen molar-refractivity contribution in [3.05, 3.63) is 71.4 Å². The number of aromatic nitrogens is 1. The molecule has 0 spiro atoms. The van der Waals surface area contributed by atoms with Crippen molar-refractivity contribution in [1.82, 2.24) is 10.3 Å². The molecule has 0 saturated heterocycles. The van der Waals surface area contributed by atoms with Crippen LogP contribution in [0.4, 0.5) is 0 Å². The Morgan fingerprint density at radius 1 is 0.929 bits per heavy atom. The summed E-state index contributed by atoms with van der Waals surface area (Å²) in [6, 6.07) is 19.2. The number of hydrogen-bond donors (Lipinski definition) is 1. The van der Waals surface area contributed by atoms with E-state index in [1.54, 1.807) is 11.3 Å². The lowest BCUT2D eigenvalue weighted by Crippen LogP contribution is -2.27. The van der Waals surface area contributed by atoms with Crippen molar-refractivity contribution in [1.29, 1.82) is 0 Å². The summed E-state index contributed by atoms with van der Waals surface area (Å²) < 4.78 is 5.88. The predicted molar refractivity (Wildman–Crippen MR) is 117 cm³/mol. The first-order chi connectivity index (χ1) is 13.9. The Hall–Kier alpha value is -2.17. The number of thiazole rings is 1. The van der Waals surface area contributed by atoms with Crippen molar-refractivity contribution in [2.75, 3.05) is 0 Å². The average molecular weight is 393 g/mol. The van der Waals surface area contributed by atoms with Crippen molar-refractivity contribution >= 4 is 11.3 Å². The van der Waals surface area contributed by atoms with Crippen molar-refractivity contribution in [3.63, 3.8) is 0 Å². The summed E-state index contributed by atoms with van der Waals surface area (Å²) in [5.74, 6) is 0.896. The fourth-order valence-electron chi connectivity index (χ4n) is 3.70. The van der Waals surface area contributed by atoms with E-state index in [9.17, 15) is 0 Å². The molecule has 0 radical (unpaired) electrons. The summed E-state index contributed by atoms with van der Waals surface area (Å²) in [6.45, 7) is 1.48. The van der Waals surface area contributed by atoms with Crippen LogP contribution >= 0.6 is 11.3 Å². The van der Waals surface area contributed by atoms with E-state index in [-0.39, 0.29) is 0 Å². The number of hydrogen-bond acceptors (Lipinski definition) is 4. The van der Waals surface area contributed by atoms with Crippen molar-refractivity contribution in [2.45, 2.75) is 57.7 Å². The number of benzene rings is 2. The quantitative estimate of drug-likeness (QED) is 0.486. The van der Waals surface area contributed by atoms with E-state index >= 15 is 0 Å². The monoisotopic (exact) mass is 392 g/mol. The molecule has 0 atom stereocenters. The third kappa shape index (κ3) is 5.43. The molecule has 1 heterocycles. The highest BCUT2D eigenvalue weighted by molar-refractivity contribution is 7.15. The van der Waals surface area contributed by atoms with Crippen molar-refractivity contribution in [2.24, 2.45) is 0 Å². The van der Waals surface area contributed by atoms with Gasteiger partial charge in [-0.05, 0) is 48.2 Å². The first kappa shape index (κ1) is 19.2. The lowest BCUT2D eigenvalue weighted by molar-refractivity contribution is 0.306. The molecule has 4 heteroatoms. The average Bonchev–Trinajstić information content (AvgIpc) is 3.07. The molecular formula is C24H28N2OS. The SMILES string of the molecule is c1ccc(COc2ccc(-c3cnc(CNC4CCCCCC4)s3)cc2)cc1. The highest BCUT2D eigenvalue weighted by atomic mass is 32.1. The molecule has 0 unspecified atom stereocenters. The molecule has 28 heavy (non-hydrogen) atoms. The van der Waals surface area contributed by atoms with Crippen LogP contribution in [0, 0.1) is 0 Å². The molecule has 0 amide bonds. The third-order valence-corrected chi connectivity index (χ3v) is 6.38. The topological polar surface area (TPSA) is 34.1 Å². The Morgan fingerprint density at radius 2 is 1.68 bits per heavy atom. The van der Waals surface area contributed by atoms with E-state index in [2.05, 4.69) is 34.6 Å². The fourth-order valence-corrected chi connectivity index (χ4v) is 4.57. The van der Waals surface area contributed by atoms with Crippen LogP contribution in [-0.2, 0) is 13.2 Å². The van der Waals surface area contributed by atoms with Crippen molar-refractivity contribution in [3.8, 4) is 16.2 Å². The van der Waals surface area contributed by atoms with E-state index in [4.69, 9.17) is 4.74 Å². The van der Waals surface area contributed by atoms with Crippen LogP contribution in [0.25, 0.3) is 10.4 Å². The lowest BCUT2D eigenvalue weighted by atomic mass is 10.1. The van der Waals surface area contributed by atoms with Crippen LogP contribution in [0.1, 0.15) is 49.1 Å². The Labute approximate surface area is 171 Å². The highest BCUT2D eigenvalue weighted by Crippen LogP contribution is 2.28. The van der Waals surface area contributed by atoms with Gasteiger partial charge < -0.3 is 10.1 Å². The van der Waals surface area contributed by atoms with Gasteiger partial charge in [0.05, 0.1) is 4.88 Å². The van der Waals surface area contributed by atoms with Crippen LogP contribution in [0.5, 0.6) is 5.75 Å². The molecule has 1 fully saturated rings. The van der Waals surface area contributed by atoms with Crippen LogP contribution in [-0.4, -0.2) is 11.0 Å².